The number of aryl methyl sites for hydroxylation is 3. The number of rotatable bonds is 2. The van der Waals surface area contributed by atoms with Crippen molar-refractivity contribution in [2.24, 2.45) is 4.99 Å². The van der Waals surface area contributed by atoms with Gasteiger partial charge in [-0.05, 0) is 50.1 Å². The van der Waals surface area contributed by atoms with Gasteiger partial charge in [-0.1, -0.05) is 29.0 Å². The molecule has 3 rings (SSSR count). The first kappa shape index (κ1) is 15.5. The van der Waals surface area contributed by atoms with Crippen molar-refractivity contribution in [1.82, 2.24) is 4.57 Å². The minimum Gasteiger partial charge on any atom is -0.317 e. The second-order valence-electron chi connectivity index (χ2n) is 5.08. The Morgan fingerprint density at radius 1 is 1.27 bits per heavy atom. The number of nitrogens with zero attached hydrogens (tertiary/aromatic N) is 2. The zero-order chi connectivity index (χ0) is 15.9. The molecule has 3 aromatic rings. The third-order valence-electron chi connectivity index (χ3n) is 3.41. The summed E-state index contributed by atoms with van der Waals surface area (Å²) in [7, 11) is 0. The highest BCUT2D eigenvalue weighted by atomic mass is 35.5. The number of aromatic nitrogens is 1. The van der Waals surface area contributed by atoms with E-state index in [-0.39, 0.29) is 5.91 Å². The highest BCUT2D eigenvalue weighted by molar-refractivity contribution is 7.18. The van der Waals surface area contributed by atoms with Gasteiger partial charge in [0.2, 0.25) is 0 Å². The molecule has 0 saturated carbocycles. The Hall–Kier alpha value is -1.43. The Kier molecular flexibility index (Phi) is 4.21. The van der Waals surface area contributed by atoms with E-state index in [1.165, 1.54) is 27.2 Å². The van der Waals surface area contributed by atoms with Crippen LogP contribution in [0.15, 0.2) is 29.3 Å². The highest BCUT2D eigenvalue weighted by Gasteiger charge is 2.11. The number of benzene rings is 1. The molecule has 0 radical (unpaired) electrons. The maximum Gasteiger partial charge on any atom is 0.289 e. The van der Waals surface area contributed by atoms with Gasteiger partial charge in [-0.15, -0.1) is 11.3 Å². The molecule has 3 nitrogen and oxygen atoms in total. The predicted octanol–water partition coefficient (Wildman–Crippen LogP) is 4.80. The number of carbonyl (C=O) groups is 1. The van der Waals surface area contributed by atoms with E-state index in [9.17, 15) is 4.79 Å². The molecule has 0 N–H and O–H groups in total. The van der Waals surface area contributed by atoms with Crippen LogP contribution in [0.2, 0.25) is 4.34 Å². The number of hydrogen-bond donors (Lipinski definition) is 0. The second kappa shape index (κ2) is 5.99. The normalized spacial score (nSPS) is 12.3. The van der Waals surface area contributed by atoms with Crippen molar-refractivity contribution in [3.63, 3.8) is 0 Å². The summed E-state index contributed by atoms with van der Waals surface area (Å²) in [6.07, 6.45) is 0. The average Bonchev–Trinajstić information content (AvgIpc) is 3.02. The van der Waals surface area contributed by atoms with E-state index in [2.05, 4.69) is 42.5 Å². The number of thiazole rings is 1. The minimum absolute atomic E-state index is 0.236. The van der Waals surface area contributed by atoms with Crippen molar-refractivity contribution in [1.29, 1.82) is 0 Å². The summed E-state index contributed by atoms with van der Waals surface area (Å²) in [5.74, 6) is -0.236. The SMILES string of the molecule is CCn1c(=NC(=O)c2ccc(Cl)s2)sc2c(C)cc(C)cc21. The lowest BCUT2D eigenvalue weighted by Gasteiger charge is -2.02. The van der Waals surface area contributed by atoms with Gasteiger partial charge in [0.15, 0.2) is 4.80 Å². The van der Waals surface area contributed by atoms with Gasteiger partial charge in [-0.2, -0.15) is 4.99 Å². The lowest BCUT2D eigenvalue weighted by atomic mass is 10.1. The largest absolute Gasteiger partial charge is 0.317 e. The summed E-state index contributed by atoms with van der Waals surface area (Å²) in [6, 6.07) is 7.75. The van der Waals surface area contributed by atoms with Gasteiger partial charge in [0, 0.05) is 6.54 Å². The molecular weight excluding hydrogens is 336 g/mol. The van der Waals surface area contributed by atoms with E-state index in [4.69, 9.17) is 11.6 Å². The number of amides is 1. The topological polar surface area (TPSA) is 34.4 Å². The van der Waals surface area contributed by atoms with Crippen molar-refractivity contribution < 1.29 is 4.79 Å². The molecule has 0 saturated heterocycles. The molecule has 1 amide bonds. The van der Waals surface area contributed by atoms with Crippen LogP contribution in [0.4, 0.5) is 0 Å². The van der Waals surface area contributed by atoms with Gasteiger partial charge in [-0.3, -0.25) is 4.79 Å². The Bertz CT molecular complexity index is 933. The van der Waals surface area contributed by atoms with Crippen molar-refractivity contribution in [2.45, 2.75) is 27.3 Å². The third-order valence-corrected chi connectivity index (χ3v) is 5.86. The maximum atomic E-state index is 12.3. The average molecular weight is 351 g/mol. The molecule has 1 aromatic carbocycles. The van der Waals surface area contributed by atoms with Gasteiger partial charge in [0.05, 0.1) is 19.4 Å². The monoisotopic (exact) mass is 350 g/mol. The van der Waals surface area contributed by atoms with Crippen molar-refractivity contribution in [3.8, 4) is 0 Å². The smallest absolute Gasteiger partial charge is 0.289 e. The molecule has 114 valence electrons. The fourth-order valence-electron chi connectivity index (χ4n) is 2.47. The fraction of sp³-hybridized carbons (Fsp3) is 0.250. The molecule has 0 spiro atoms. The summed E-state index contributed by atoms with van der Waals surface area (Å²) in [4.78, 5) is 17.9. The zero-order valence-electron chi connectivity index (χ0n) is 12.5. The Labute approximate surface area is 141 Å². The Balaban J connectivity index is 2.20. The molecule has 0 atom stereocenters. The first-order valence-corrected chi connectivity index (χ1v) is 8.95. The molecule has 0 unspecified atom stereocenters. The van der Waals surface area contributed by atoms with Gasteiger partial charge >= 0.3 is 0 Å². The molecule has 0 aliphatic carbocycles. The Morgan fingerprint density at radius 3 is 2.68 bits per heavy atom. The molecule has 2 heterocycles. The van der Waals surface area contributed by atoms with Crippen LogP contribution in [0.1, 0.15) is 27.7 Å². The maximum absolute atomic E-state index is 12.3. The van der Waals surface area contributed by atoms with E-state index in [1.807, 2.05) is 0 Å². The molecule has 2 aromatic heterocycles. The van der Waals surface area contributed by atoms with Crippen LogP contribution in [0, 0.1) is 13.8 Å². The number of hydrogen-bond acceptors (Lipinski definition) is 3. The van der Waals surface area contributed by atoms with Crippen molar-refractivity contribution in [3.05, 3.63) is 49.4 Å². The van der Waals surface area contributed by atoms with Crippen LogP contribution in [0.5, 0.6) is 0 Å². The molecular formula is C16H15ClN2OS2. The first-order valence-electron chi connectivity index (χ1n) is 6.94. The van der Waals surface area contributed by atoms with E-state index in [0.717, 1.165) is 16.9 Å². The summed E-state index contributed by atoms with van der Waals surface area (Å²) in [6.45, 7) is 7.02. The van der Waals surface area contributed by atoms with E-state index < -0.39 is 0 Å². The fourth-order valence-corrected chi connectivity index (χ4v) is 4.54. The lowest BCUT2D eigenvalue weighted by molar-refractivity contribution is 0.100. The zero-order valence-corrected chi connectivity index (χ0v) is 14.9. The van der Waals surface area contributed by atoms with E-state index in [0.29, 0.717) is 9.21 Å². The molecule has 0 aliphatic rings. The molecule has 0 aliphatic heterocycles. The van der Waals surface area contributed by atoms with Crippen LogP contribution in [-0.4, -0.2) is 10.5 Å². The molecule has 0 fully saturated rings. The molecule has 6 heteroatoms. The van der Waals surface area contributed by atoms with Gasteiger partial charge in [-0.25, -0.2) is 0 Å². The molecule has 0 bridgehead atoms. The van der Waals surface area contributed by atoms with Crippen molar-refractivity contribution >= 4 is 50.4 Å². The van der Waals surface area contributed by atoms with Crippen LogP contribution in [-0.2, 0) is 6.54 Å². The number of carbonyl (C=O) groups excluding carboxylic acids is 1. The van der Waals surface area contributed by atoms with Gasteiger partial charge in [0.25, 0.3) is 5.91 Å². The quantitative estimate of drug-likeness (QED) is 0.654. The third kappa shape index (κ3) is 2.76. The summed E-state index contributed by atoms with van der Waals surface area (Å²) < 4.78 is 3.88. The Morgan fingerprint density at radius 2 is 2.05 bits per heavy atom. The minimum atomic E-state index is -0.236. The van der Waals surface area contributed by atoms with E-state index >= 15 is 0 Å². The summed E-state index contributed by atoms with van der Waals surface area (Å²) in [5, 5.41) is 0. The van der Waals surface area contributed by atoms with Crippen LogP contribution < -0.4 is 4.80 Å². The highest BCUT2D eigenvalue weighted by Crippen LogP contribution is 2.24. The standard InChI is InChI=1S/C16H15ClN2OS2/c1-4-19-11-8-9(2)7-10(3)14(11)22-16(19)18-15(20)12-5-6-13(17)21-12/h5-8H,4H2,1-3H3. The van der Waals surface area contributed by atoms with Crippen LogP contribution in [0.25, 0.3) is 10.2 Å². The molecule has 22 heavy (non-hydrogen) atoms. The van der Waals surface area contributed by atoms with Crippen LogP contribution >= 0.6 is 34.3 Å². The number of thiophene rings is 1. The first-order chi connectivity index (χ1) is 10.5. The van der Waals surface area contributed by atoms with Crippen LogP contribution in [0.3, 0.4) is 0 Å². The van der Waals surface area contributed by atoms with Gasteiger partial charge < -0.3 is 4.57 Å². The van der Waals surface area contributed by atoms with Gasteiger partial charge in [0.1, 0.15) is 0 Å². The predicted molar refractivity (Wildman–Crippen MR) is 94.2 cm³/mol. The van der Waals surface area contributed by atoms with Crippen molar-refractivity contribution in [2.75, 3.05) is 0 Å². The lowest BCUT2D eigenvalue weighted by Crippen LogP contribution is -2.15. The second-order valence-corrected chi connectivity index (χ2v) is 7.77. The number of fused-ring (bicyclic) bond motifs is 1. The summed E-state index contributed by atoms with van der Waals surface area (Å²) in [5.41, 5.74) is 3.57. The summed E-state index contributed by atoms with van der Waals surface area (Å²) >= 11 is 8.71. The van der Waals surface area contributed by atoms with E-state index in [1.54, 1.807) is 23.5 Å². The number of halogens is 1.